The Kier molecular flexibility index (Phi) is 7.80. The summed E-state index contributed by atoms with van der Waals surface area (Å²) in [6.45, 7) is 1.54. The maximum Gasteiger partial charge on any atom is 0.418 e. The number of carbonyl (C=O) groups excluding carboxylic acids is 2. The van der Waals surface area contributed by atoms with Gasteiger partial charge >= 0.3 is 6.18 Å². The molecule has 0 aliphatic carbocycles. The van der Waals surface area contributed by atoms with Crippen LogP contribution in [0.2, 0.25) is 0 Å². The molecule has 2 amide bonds. The van der Waals surface area contributed by atoms with Crippen molar-refractivity contribution < 1.29 is 22.8 Å². The number of hydrogen-bond acceptors (Lipinski definition) is 4. The Bertz CT molecular complexity index is 1120. The lowest BCUT2D eigenvalue weighted by Gasteiger charge is -2.18. The molecule has 6 nitrogen and oxygen atoms in total. The standard InChI is InChI=1S/C23H23F3N4O2S/c1-15-19(12-16-8-4-3-5-9-16)29-22(27-15)33-14-21(32)30(2)13-20(31)28-18-11-7-6-10-17(18)23(24,25)26/h3-11H,12-14H2,1-2H3,(H,27,29)(H,28,31). The molecule has 10 heteroatoms. The third-order valence-corrected chi connectivity index (χ3v) is 5.68. The van der Waals surface area contributed by atoms with Crippen molar-refractivity contribution in [3.63, 3.8) is 0 Å². The number of nitrogens with zero attached hydrogens (tertiary/aromatic N) is 2. The van der Waals surface area contributed by atoms with E-state index in [1.54, 1.807) is 0 Å². The highest BCUT2D eigenvalue weighted by molar-refractivity contribution is 7.99. The number of imidazole rings is 1. The Hall–Kier alpha value is -3.27. The van der Waals surface area contributed by atoms with Crippen LogP contribution in [0.1, 0.15) is 22.5 Å². The molecule has 0 radical (unpaired) electrons. The molecular weight excluding hydrogens is 453 g/mol. The van der Waals surface area contributed by atoms with Gasteiger partial charge in [-0.3, -0.25) is 9.59 Å². The molecule has 0 saturated carbocycles. The van der Waals surface area contributed by atoms with Crippen molar-refractivity contribution in [1.82, 2.24) is 14.9 Å². The second-order valence-corrected chi connectivity index (χ2v) is 8.37. The molecule has 0 unspecified atom stereocenters. The molecule has 0 spiro atoms. The average molecular weight is 477 g/mol. The molecule has 0 bridgehead atoms. The molecule has 0 atom stereocenters. The number of thioether (sulfide) groups is 1. The number of nitrogens with one attached hydrogen (secondary N) is 2. The minimum Gasteiger partial charge on any atom is -0.337 e. The normalized spacial score (nSPS) is 11.3. The number of aromatic nitrogens is 2. The first kappa shape index (κ1) is 24.4. The SMILES string of the molecule is Cc1[nH]c(SCC(=O)N(C)CC(=O)Nc2ccccc2C(F)(F)F)nc1Cc1ccccc1. The van der Waals surface area contributed by atoms with Crippen LogP contribution >= 0.6 is 11.8 Å². The van der Waals surface area contributed by atoms with Crippen molar-refractivity contribution in [3.05, 3.63) is 77.1 Å². The van der Waals surface area contributed by atoms with Gasteiger partial charge in [0.05, 0.1) is 29.2 Å². The molecule has 3 aromatic rings. The first-order valence-electron chi connectivity index (χ1n) is 10.1. The van der Waals surface area contributed by atoms with Crippen LogP contribution in [0.3, 0.4) is 0 Å². The fourth-order valence-electron chi connectivity index (χ4n) is 3.07. The molecule has 174 valence electrons. The summed E-state index contributed by atoms with van der Waals surface area (Å²) in [5.74, 6) is -1.04. The van der Waals surface area contributed by atoms with Crippen LogP contribution in [-0.4, -0.2) is 46.0 Å². The van der Waals surface area contributed by atoms with Gasteiger partial charge in [-0.05, 0) is 24.6 Å². The van der Waals surface area contributed by atoms with Crippen LogP contribution < -0.4 is 5.32 Å². The van der Waals surface area contributed by atoms with Gasteiger partial charge in [-0.1, -0.05) is 54.2 Å². The van der Waals surface area contributed by atoms with Crippen molar-refractivity contribution in [1.29, 1.82) is 0 Å². The summed E-state index contributed by atoms with van der Waals surface area (Å²) in [4.78, 5) is 33.5. The zero-order chi connectivity index (χ0) is 24.0. The molecule has 0 fully saturated rings. The lowest BCUT2D eigenvalue weighted by atomic mass is 10.1. The predicted octanol–water partition coefficient (Wildman–Crippen LogP) is 4.52. The number of alkyl halides is 3. The van der Waals surface area contributed by atoms with Crippen molar-refractivity contribution in [2.75, 3.05) is 24.7 Å². The molecule has 1 heterocycles. The fourth-order valence-corrected chi connectivity index (χ4v) is 3.95. The summed E-state index contributed by atoms with van der Waals surface area (Å²) in [6.07, 6.45) is -3.93. The van der Waals surface area contributed by atoms with Gasteiger partial charge in [0.1, 0.15) is 0 Å². The van der Waals surface area contributed by atoms with Gasteiger partial charge in [0.15, 0.2) is 5.16 Å². The van der Waals surface area contributed by atoms with Crippen LogP contribution in [0.5, 0.6) is 0 Å². The number of amides is 2. The van der Waals surface area contributed by atoms with Crippen LogP contribution in [0.15, 0.2) is 59.8 Å². The maximum atomic E-state index is 13.1. The summed E-state index contributed by atoms with van der Waals surface area (Å²) in [6, 6.07) is 14.6. The van der Waals surface area contributed by atoms with Gasteiger partial charge in [-0.15, -0.1) is 0 Å². The second kappa shape index (κ2) is 10.6. The van der Waals surface area contributed by atoms with Crippen molar-refractivity contribution >= 4 is 29.3 Å². The number of rotatable bonds is 8. The van der Waals surface area contributed by atoms with E-state index in [9.17, 15) is 22.8 Å². The summed E-state index contributed by atoms with van der Waals surface area (Å²) in [5, 5.41) is 2.82. The molecule has 3 rings (SSSR count). The first-order valence-corrected chi connectivity index (χ1v) is 11.0. The molecule has 0 aliphatic rings. The second-order valence-electron chi connectivity index (χ2n) is 7.41. The van der Waals surface area contributed by atoms with E-state index >= 15 is 0 Å². The Morgan fingerprint density at radius 2 is 1.76 bits per heavy atom. The van der Waals surface area contributed by atoms with E-state index in [4.69, 9.17) is 0 Å². The molecule has 0 saturated heterocycles. The highest BCUT2D eigenvalue weighted by Gasteiger charge is 2.33. The number of para-hydroxylation sites is 1. The van der Waals surface area contributed by atoms with Gasteiger partial charge in [0.25, 0.3) is 0 Å². The Balaban J connectivity index is 1.52. The fraction of sp³-hybridized carbons (Fsp3) is 0.261. The number of anilines is 1. The third kappa shape index (κ3) is 6.85. The number of aryl methyl sites for hydroxylation is 1. The molecule has 2 aromatic carbocycles. The summed E-state index contributed by atoms with van der Waals surface area (Å²) < 4.78 is 39.2. The molecular formula is C23H23F3N4O2S. The Morgan fingerprint density at radius 3 is 2.45 bits per heavy atom. The minimum absolute atomic E-state index is 0.0284. The van der Waals surface area contributed by atoms with E-state index in [2.05, 4.69) is 15.3 Å². The number of halogens is 3. The van der Waals surface area contributed by atoms with Crippen molar-refractivity contribution in [3.8, 4) is 0 Å². The summed E-state index contributed by atoms with van der Waals surface area (Å²) >= 11 is 1.20. The highest BCUT2D eigenvalue weighted by atomic mass is 32.2. The molecule has 0 aliphatic heterocycles. The van der Waals surface area contributed by atoms with E-state index in [1.807, 2.05) is 37.3 Å². The number of likely N-dealkylation sites (N-methyl/N-ethyl adjacent to an activating group) is 1. The van der Waals surface area contributed by atoms with Gasteiger partial charge in [0.2, 0.25) is 11.8 Å². The average Bonchev–Trinajstić information content (AvgIpc) is 3.11. The monoisotopic (exact) mass is 476 g/mol. The number of aromatic amines is 1. The van der Waals surface area contributed by atoms with E-state index in [0.717, 1.165) is 23.0 Å². The van der Waals surface area contributed by atoms with Gasteiger partial charge in [0, 0.05) is 19.2 Å². The van der Waals surface area contributed by atoms with Crippen LogP contribution in [0, 0.1) is 6.92 Å². The number of H-pyrrole nitrogens is 1. The maximum absolute atomic E-state index is 13.1. The summed E-state index contributed by atoms with van der Waals surface area (Å²) in [7, 11) is 1.42. The zero-order valence-electron chi connectivity index (χ0n) is 18.1. The zero-order valence-corrected chi connectivity index (χ0v) is 18.9. The molecule has 2 N–H and O–H groups in total. The number of carbonyl (C=O) groups is 2. The van der Waals surface area contributed by atoms with Crippen LogP contribution in [0.4, 0.5) is 18.9 Å². The minimum atomic E-state index is -4.59. The van der Waals surface area contributed by atoms with Crippen LogP contribution in [-0.2, 0) is 22.2 Å². The topological polar surface area (TPSA) is 78.1 Å². The lowest BCUT2D eigenvalue weighted by Crippen LogP contribution is -2.36. The van der Waals surface area contributed by atoms with Crippen molar-refractivity contribution in [2.45, 2.75) is 24.7 Å². The van der Waals surface area contributed by atoms with Crippen LogP contribution in [0.25, 0.3) is 0 Å². The number of benzene rings is 2. The lowest BCUT2D eigenvalue weighted by molar-refractivity contribution is -0.137. The van der Waals surface area contributed by atoms with Gasteiger partial charge in [-0.25, -0.2) is 4.98 Å². The third-order valence-electron chi connectivity index (χ3n) is 4.82. The van der Waals surface area contributed by atoms with E-state index in [-0.39, 0.29) is 23.9 Å². The highest BCUT2D eigenvalue weighted by Crippen LogP contribution is 2.34. The molecule has 33 heavy (non-hydrogen) atoms. The first-order chi connectivity index (χ1) is 15.6. The Labute approximate surface area is 193 Å². The predicted molar refractivity (Wildman–Crippen MR) is 121 cm³/mol. The van der Waals surface area contributed by atoms with E-state index in [1.165, 1.54) is 41.9 Å². The van der Waals surface area contributed by atoms with E-state index < -0.39 is 17.6 Å². The largest absolute Gasteiger partial charge is 0.418 e. The van der Waals surface area contributed by atoms with Crippen molar-refractivity contribution in [2.24, 2.45) is 0 Å². The molecule has 1 aromatic heterocycles. The Morgan fingerprint density at radius 1 is 1.09 bits per heavy atom. The summed E-state index contributed by atoms with van der Waals surface area (Å²) in [5.41, 5.74) is 1.62. The number of hydrogen-bond donors (Lipinski definition) is 2. The van der Waals surface area contributed by atoms with Gasteiger partial charge < -0.3 is 15.2 Å². The van der Waals surface area contributed by atoms with Gasteiger partial charge in [-0.2, -0.15) is 13.2 Å². The quantitative estimate of drug-likeness (QED) is 0.469. The van der Waals surface area contributed by atoms with E-state index in [0.29, 0.717) is 11.6 Å². The smallest absolute Gasteiger partial charge is 0.337 e.